The van der Waals surface area contributed by atoms with Gasteiger partial charge in [-0.2, -0.15) is 19.2 Å². The van der Waals surface area contributed by atoms with E-state index in [1.807, 2.05) is 33.6 Å². The van der Waals surface area contributed by atoms with Crippen molar-refractivity contribution in [1.82, 2.24) is 29.2 Å². The van der Waals surface area contributed by atoms with E-state index >= 15 is 0 Å². The largest absolute Gasteiger partial charge is 0.367 e. The lowest BCUT2D eigenvalue weighted by molar-refractivity contribution is 0.427. The second-order valence-electron chi connectivity index (χ2n) is 13.5. The van der Waals surface area contributed by atoms with E-state index < -0.39 is 0 Å². The molecule has 2 aromatic carbocycles. The molecule has 0 amide bonds. The second-order valence-corrected chi connectivity index (χ2v) is 13.5. The molecule has 0 radical (unpaired) electrons. The fraction of sp³-hybridized carbons (Fsp3) is 0.368. The second kappa shape index (κ2) is 13.9. The summed E-state index contributed by atoms with van der Waals surface area (Å²) in [4.78, 5) is 10.1. The Kier molecular flexibility index (Phi) is 9.14. The van der Waals surface area contributed by atoms with Crippen LogP contribution in [0.1, 0.15) is 87.5 Å². The third-order valence-electron chi connectivity index (χ3n) is 9.31. The molecule has 0 spiro atoms. The van der Waals surface area contributed by atoms with E-state index in [0.717, 1.165) is 71.4 Å². The molecule has 1 aliphatic rings. The standard InChI is InChI=1S/C38H46N10/c1-25(2)31-23-41-47-35(39-21-27-11-7-5-8-12-27)19-33(45-37(31)47)43-29-15-17-30(18-16-29)44-34-20-36(40-22-28-13-9-6-10-14-28)48-38(46-34)32(24-42-48)26(3)4/h5-14,19-20,23-26,29-30,39-40H,15-18,21-22H2,1-4H3,(H,43,45)(H,44,46). The summed E-state index contributed by atoms with van der Waals surface area (Å²) in [5, 5.41) is 24.1. The van der Waals surface area contributed by atoms with Gasteiger partial charge in [0.2, 0.25) is 0 Å². The van der Waals surface area contributed by atoms with Crippen LogP contribution in [-0.4, -0.2) is 41.3 Å². The molecule has 0 saturated heterocycles. The number of hydrogen-bond donors (Lipinski definition) is 4. The summed E-state index contributed by atoms with van der Waals surface area (Å²) in [7, 11) is 0. The van der Waals surface area contributed by atoms with E-state index in [4.69, 9.17) is 20.2 Å². The zero-order valence-corrected chi connectivity index (χ0v) is 28.3. The molecule has 7 rings (SSSR count). The van der Waals surface area contributed by atoms with Gasteiger partial charge in [0.05, 0.1) is 12.4 Å². The first-order chi connectivity index (χ1) is 23.4. The highest BCUT2D eigenvalue weighted by molar-refractivity contribution is 5.62. The normalized spacial score (nSPS) is 16.5. The molecule has 48 heavy (non-hydrogen) atoms. The number of rotatable bonds is 12. The molecular formula is C38H46N10. The first-order valence-corrected chi connectivity index (χ1v) is 17.3. The van der Waals surface area contributed by atoms with Crippen molar-refractivity contribution < 1.29 is 0 Å². The number of aromatic nitrogens is 6. The average molecular weight is 643 g/mol. The number of nitrogens with one attached hydrogen (secondary N) is 4. The summed E-state index contributed by atoms with van der Waals surface area (Å²) in [6.07, 6.45) is 8.06. The SMILES string of the molecule is CC(C)c1cnn2c(NCc3ccccc3)cc(NC3CCC(Nc4cc(NCc5ccccc5)n5ncc(C(C)C)c5n4)CC3)nc12. The Labute approximate surface area is 282 Å². The number of nitrogens with zero attached hydrogens (tertiary/aromatic N) is 6. The highest BCUT2D eigenvalue weighted by Crippen LogP contribution is 2.30. The summed E-state index contributed by atoms with van der Waals surface area (Å²) in [5.74, 6) is 4.31. The fourth-order valence-corrected chi connectivity index (χ4v) is 6.55. The van der Waals surface area contributed by atoms with E-state index in [1.54, 1.807) is 0 Å². The molecular weight excluding hydrogens is 596 g/mol. The van der Waals surface area contributed by atoms with Crippen molar-refractivity contribution in [3.63, 3.8) is 0 Å². The van der Waals surface area contributed by atoms with Gasteiger partial charge in [-0.1, -0.05) is 88.4 Å². The number of hydrogen-bond acceptors (Lipinski definition) is 8. The predicted octanol–water partition coefficient (Wildman–Crippen LogP) is 8.08. The van der Waals surface area contributed by atoms with Gasteiger partial charge in [-0.15, -0.1) is 0 Å². The molecule has 4 N–H and O–H groups in total. The van der Waals surface area contributed by atoms with Crippen molar-refractivity contribution in [2.24, 2.45) is 0 Å². The number of benzene rings is 2. The van der Waals surface area contributed by atoms with Crippen LogP contribution in [0.25, 0.3) is 11.3 Å². The molecule has 1 saturated carbocycles. The Balaban J connectivity index is 1.04. The molecule has 0 aliphatic heterocycles. The monoisotopic (exact) mass is 642 g/mol. The first-order valence-electron chi connectivity index (χ1n) is 17.3. The molecule has 4 aromatic heterocycles. The molecule has 0 bridgehead atoms. The van der Waals surface area contributed by atoms with Gasteiger partial charge in [-0.25, -0.2) is 9.97 Å². The van der Waals surface area contributed by atoms with Crippen LogP contribution in [0.2, 0.25) is 0 Å². The van der Waals surface area contributed by atoms with E-state index in [-0.39, 0.29) is 0 Å². The first kappa shape index (κ1) is 31.5. The Hall–Kier alpha value is -5.12. The van der Waals surface area contributed by atoms with Crippen LogP contribution in [0, 0.1) is 0 Å². The topological polar surface area (TPSA) is 108 Å². The summed E-state index contributed by atoms with van der Waals surface area (Å²) < 4.78 is 3.87. The average Bonchev–Trinajstić information content (AvgIpc) is 3.73. The van der Waals surface area contributed by atoms with E-state index in [2.05, 4.69) is 110 Å². The van der Waals surface area contributed by atoms with Crippen molar-refractivity contribution in [2.45, 2.75) is 90.4 Å². The van der Waals surface area contributed by atoms with Crippen LogP contribution in [0.3, 0.4) is 0 Å². The third kappa shape index (κ3) is 6.93. The highest BCUT2D eigenvalue weighted by Gasteiger charge is 2.24. The van der Waals surface area contributed by atoms with Gasteiger partial charge in [0.15, 0.2) is 11.3 Å². The number of anilines is 4. The van der Waals surface area contributed by atoms with Crippen LogP contribution in [-0.2, 0) is 13.1 Å². The highest BCUT2D eigenvalue weighted by atomic mass is 15.3. The molecule has 0 unspecified atom stereocenters. The quantitative estimate of drug-likeness (QED) is 0.106. The van der Waals surface area contributed by atoms with Crippen molar-refractivity contribution >= 4 is 34.6 Å². The van der Waals surface area contributed by atoms with Gasteiger partial charge in [-0.3, -0.25) is 0 Å². The van der Waals surface area contributed by atoms with Crippen molar-refractivity contribution in [1.29, 1.82) is 0 Å². The molecule has 248 valence electrons. The van der Waals surface area contributed by atoms with Crippen LogP contribution in [0.5, 0.6) is 0 Å². The Morgan fingerprint density at radius 3 is 1.38 bits per heavy atom. The maximum absolute atomic E-state index is 5.06. The maximum atomic E-state index is 5.06. The Morgan fingerprint density at radius 1 is 0.604 bits per heavy atom. The zero-order valence-electron chi connectivity index (χ0n) is 28.3. The lowest BCUT2D eigenvalue weighted by atomic mass is 9.91. The Morgan fingerprint density at radius 2 is 1.00 bits per heavy atom. The summed E-state index contributed by atoms with van der Waals surface area (Å²) in [6.45, 7) is 10.2. The summed E-state index contributed by atoms with van der Waals surface area (Å²) in [5.41, 5.74) is 6.55. The van der Waals surface area contributed by atoms with Crippen LogP contribution >= 0.6 is 0 Å². The van der Waals surface area contributed by atoms with Crippen LogP contribution in [0.4, 0.5) is 23.3 Å². The number of fused-ring (bicyclic) bond motifs is 2. The summed E-state index contributed by atoms with van der Waals surface area (Å²) in [6, 6.07) is 25.8. The van der Waals surface area contributed by atoms with E-state index in [0.29, 0.717) is 37.0 Å². The molecule has 4 heterocycles. The van der Waals surface area contributed by atoms with Gasteiger partial charge in [0.25, 0.3) is 0 Å². The van der Waals surface area contributed by atoms with Crippen LogP contribution < -0.4 is 21.3 Å². The lowest BCUT2D eigenvalue weighted by Gasteiger charge is -2.30. The zero-order chi connectivity index (χ0) is 33.0. The fourth-order valence-electron chi connectivity index (χ4n) is 6.55. The Bertz CT molecular complexity index is 1810. The third-order valence-corrected chi connectivity index (χ3v) is 9.31. The predicted molar refractivity (Wildman–Crippen MR) is 195 cm³/mol. The minimum Gasteiger partial charge on any atom is -0.367 e. The minimum atomic E-state index is 0.329. The van der Waals surface area contributed by atoms with Crippen molar-refractivity contribution in [3.8, 4) is 0 Å². The smallest absolute Gasteiger partial charge is 0.163 e. The lowest BCUT2D eigenvalue weighted by Crippen LogP contribution is -2.33. The molecule has 1 fully saturated rings. The van der Waals surface area contributed by atoms with Gasteiger partial charge >= 0.3 is 0 Å². The molecule has 10 heteroatoms. The van der Waals surface area contributed by atoms with Gasteiger partial charge < -0.3 is 21.3 Å². The summed E-state index contributed by atoms with van der Waals surface area (Å²) >= 11 is 0. The van der Waals surface area contributed by atoms with Gasteiger partial charge in [0.1, 0.15) is 23.3 Å². The van der Waals surface area contributed by atoms with Crippen LogP contribution in [0.15, 0.2) is 85.2 Å². The molecule has 10 nitrogen and oxygen atoms in total. The van der Waals surface area contributed by atoms with Crippen molar-refractivity contribution in [2.75, 3.05) is 21.3 Å². The van der Waals surface area contributed by atoms with E-state index in [1.165, 1.54) is 11.1 Å². The minimum absolute atomic E-state index is 0.329. The molecule has 1 aliphatic carbocycles. The van der Waals surface area contributed by atoms with Gasteiger partial charge in [0, 0.05) is 48.4 Å². The van der Waals surface area contributed by atoms with E-state index in [9.17, 15) is 0 Å². The molecule has 0 atom stereocenters. The maximum Gasteiger partial charge on any atom is 0.163 e. The molecule has 6 aromatic rings. The van der Waals surface area contributed by atoms with Gasteiger partial charge in [-0.05, 0) is 48.6 Å². The van der Waals surface area contributed by atoms with Crippen molar-refractivity contribution in [3.05, 3.63) is 107 Å².